The summed E-state index contributed by atoms with van der Waals surface area (Å²) < 4.78 is 18.6. The van der Waals surface area contributed by atoms with Crippen LogP contribution < -0.4 is 24.8 Å². The van der Waals surface area contributed by atoms with Gasteiger partial charge in [-0.25, -0.2) is 0 Å². The number of rotatable bonds is 22. The Morgan fingerprint density at radius 1 is 0.712 bits per heavy atom. The molecule has 0 radical (unpaired) electrons. The highest BCUT2D eigenvalue weighted by molar-refractivity contribution is 6.32. The summed E-state index contributed by atoms with van der Waals surface area (Å²) in [4.78, 5) is 25.8. The highest BCUT2D eigenvalue weighted by Crippen LogP contribution is 2.36. The summed E-state index contributed by atoms with van der Waals surface area (Å²) in [5, 5.41) is 53.3. The van der Waals surface area contributed by atoms with Gasteiger partial charge < -0.3 is 45.3 Å². The van der Waals surface area contributed by atoms with Gasteiger partial charge >= 0.3 is 11.9 Å². The third-order valence-corrected chi connectivity index (χ3v) is 9.84. The number of ether oxygens (including phenoxy) is 3. The maximum atomic E-state index is 11.0. The quantitative estimate of drug-likeness (QED) is 0.0443. The number of hydrogen-bond donors (Lipinski definition) is 6. The van der Waals surface area contributed by atoms with Gasteiger partial charge in [-0.1, -0.05) is 60.1 Å². The fourth-order valence-corrected chi connectivity index (χ4v) is 6.58. The minimum absolute atomic E-state index is 0.0428. The van der Waals surface area contributed by atoms with Crippen molar-refractivity contribution >= 4 is 23.5 Å². The summed E-state index contributed by atoms with van der Waals surface area (Å²) >= 11 is 6.74. The van der Waals surface area contributed by atoms with Gasteiger partial charge in [0.05, 0.1) is 35.6 Å². The van der Waals surface area contributed by atoms with Gasteiger partial charge in [-0.2, -0.15) is 5.26 Å². The molecule has 5 aromatic rings. The zero-order valence-corrected chi connectivity index (χ0v) is 33.5. The van der Waals surface area contributed by atoms with E-state index in [-0.39, 0.29) is 39.3 Å². The maximum Gasteiger partial charge on any atom is 0.306 e. The van der Waals surface area contributed by atoms with Gasteiger partial charge in [-0.05, 0) is 77.1 Å². The van der Waals surface area contributed by atoms with E-state index in [2.05, 4.69) is 40.7 Å². The van der Waals surface area contributed by atoms with Gasteiger partial charge in [0.1, 0.15) is 43.1 Å². The lowest BCUT2D eigenvalue weighted by molar-refractivity contribution is -0.140. The molecule has 0 aliphatic rings. The lowest BCUT2D eigenvalue weighted by atomic mass is 9.92. The Bertz CT molecular complexity index is 2260. The van der Waals surface area contributed by atoms with Crippen molar-refractivity contribution in [1.29, 1.82) is 5.26 Å². The lowest BCUT2D eigenvalue weighted by Crippen LogP contribution is -2.28. The second kappa shape index (κ2) is 21.7. The number of nitrogens with one attached hydrogen (secondary N) is 2. The van der Waals surface area contributed by atoms with Gasteiger partial charge in [-0.15, -0.1) is 0 Å². The van der Waals surface area contributed by atoms with Crippen LogP contribution in [-0.4, -0.2) is 62.6 Å². The van der Waals surface area contributed by atoms with Crippen LogP contribution in [0.25, 0.3) is 11.1 Å². The Hall–Kier alpha value is -6.01. The van der Waals surface area contributed by atoms with Crippen LogP contribution in [0.3, 0.4) is 0 Å². The Kier molecular flexibility index (Phi) is 16.2. The molecular weight excluding hydrogens is 776 g/mol. The first-order valence-electron chi connectivity index (χ1n) is 18.9. The molecule has 1 heterocycles. The molecule has 0 fully saturated rings. The van der Waals surface area contributed by atoms with E-state index in [1.807, 2.05) is 55.5 Å². The molecule has 0 amide bonds. The van der Waals surface area contributed by atoms with Gasteiger partial charge in [0, 0.05) is 55.8 Å². The molecule has 6 N–H and O–H groups in total. The van der Waals surface area contributed by atoms with Crippen molar-refractivity contribution in [2.75, 3.05) is 13.1 Å². The lowest BCUT2D eigenvalue weighted by Gasteiger charge is -2.18. The number of halogens is 1. The fraction of sp³-hybridized carbons (Fsp3) is 0.289. The summed E-state index contributed by atoms with van der Waals surface area (Å²) in [6.45, 7) is 5.73. The van der Waals surface area contributed by atoms with Crippen LogP contribution in [0.2, 0.25) is 5.02 Å². The molecule has 5 rings (SSSR count). The molecule has 1 aromatic heterocycles. The standard InChI is InChI=1S/C45H47ClN4O9/c1-28-33(26-57-38-11-9-30(10-12-38)19-49-23-36(51)15-44(53)54)5-3-7-39(28)40-8-4-6-34(29(40)2)27-59-43-17-42(58-25-32-13-31(18-47)20-48-21-32)35(14-41(43)46)22-50-24-37(52)16-45(55)56/h3-14,17,20-21,36-37,49-52H,15-16,19,22-27H2,1-2H3,(H,53,54)(H,55,56)/t36-,37-/m0/s1. The normalized spacial score (nSPS) is 12.0. The molecule has 0 saturated carbocycles. The third kappa shape index (κ3) is 13.3. The Labute approximate surface area is 347 Å². The van der Waals surface area contributed by atoms with E-state index in [1.165, 1.54) is 6.20 Å². The first-order valence-corrected chi connectivity index (χ1v) is 19.3. The third-order valence-electron chi connectivity index (χ3n) is 9.54. The molecular formula is C45H47ClN4O9. The number of carbonyl (C=O) groups is 2. The van der Waals surface area contributed by atoms with Crippen molar-refractivity contribution in [3.8, 4) is 34.4 Å². The van der Waals surface area contributed by atoms with Gasteiger partial charge in [-0.3, -0.25) is 14.6 Å². The molecule has 0 bridgehead atoms. The Morgan fingerprint density at radius 3 is 1.88 bits per heavy atom. The number of aliphatic carboxylic acids is 2. The van der Waals surface area contributed by atoms with E-state index in [0.717, 1.165) is 38.9 Å². The minimum atomic E-state index is -1.10. The Balaban J connectivity index is 1.26. The Morgan fingerprint density at radius 2 is 1.29 bits per heavy atom. The zero-order valence-electron chi connectivity index (χ0n) is 32.8. The van der Waals surface area contributed by atoms with Crippen LogP contribution >= 0.6 is 11.6 Å². The molecule has 308 valence electrons. The van der Waals surface area contributed by atoms with E-state index in [4.69, 9.17) is 36.0 Å². The van der Waals surface area contributed by atoms with Gasteiger partial charge in [0.15, 0.2) is 0 Å². The SMILES string of the molecule is Cc1c(COc2ccc(CNC[C@@H](O)CC(=O)O)cc2)cccc1-c1cccc(COc2cc(OCc3cncc(C#N)c3)c(CNC[C@@H](O)CC(=O)O)cc2Cl)c1C. The van der Waals surface area contributed by atoms with E-state index in [1.54, 1.807) is 24.4 Å². The number of aliphatic hydroxyl groups is 2. The second-order valence-corrected chi connectivity index (χ2v) is 14.4. The maximum absolute atomic E-state index is 11.0. The summed E-state index contributed by atoms with van der Waals surface area (Å²) in [6.07, 6.45) is 0.352. The van der Waals surface area contributed by atoms with Crippen LogP contribution in [0.15, 0.2) is 91.3 Å². The van der Waals surface area contributed by atoms with Crippen molar-refractivity contribution in [3.05, 3.63) is 141 Å². The van der Waals surface area contributed by atoms with Crippen LogP contribution in [0.5, 0.6) is 17.2 Å². The first-order chi connectivity index (χ1) is 28.4. The smallest absolute Gasteiger partial charge is 0.306 e. The number of aromatic nitrogens is 1. The van der Waals surface area contributed by atoms with Crippen LogP contribution in [0.1, 0.15) is 57.3 Å². The fourth-order valence-electron chi connectivity index (χ4n) is 6.34. The number of aliphatic hydroxyl groups excluding tert-OH is 2. The minimum Gasteiger partial charge on any atom is -0.489 e. The van der Waals surface area contributed by atoms with Crippen LogP contribution in [-0.2, 0) is 42.5 Å². The number of nitrogens with zero attached hydrogens (tertiary/aromatic N) is 2. The monoisotopic (exact) mass is 822 g/mol. The topological polar surface area (TPSA) is 203 Å². The van der Waals surface area contributed by atoms with Gasteiger partial charge in [0.25, 0.3) is 0 Å². The summed E-state index contributed by atoms with van der Waals surface area (Å²) in [7, 11) is 0. The highest BCUT2D eigenvalue weighted by atomic mass is 35.5. The average molecular weight is 823 g/mol. The van der Waals surface area contributed by atoms with E-state index in [9.17, 15) is 25.1 Å². The molecule has 0 saturated heterocycles. The van der Waals surface area contributed by atoms with Crippen LogP contribution in [0, 0.1) is 25.2 Å². The van der Waals surface area contributed by atoms with E-state index < -0.39 is 30.6 Å². The van der Waals surface area contributed by atoms with Crippen molar-refractivity contribution in [2.45, 2.75) is 71.8 Å². The van der Waals surface area contributed by atoms with Crippen molar-refractivity contribution in [1.82, 2.24) is 15.6 Å². The van der Waals surface area contributed by atoms with E-state index in [0.29, 0.717) is 52.1 Å². The number of benzene rings is 4. The number of hydrogen-bond acceptors (Lipinski definition) is 11. The zero-order chi connectivity index (χ0) is 42.3. The number of carboxylic acids is 2. The van der Waals surface area contributed by atoms with Crippen molar-refractivity contribution in [2.24, 2.45) is 0 Å². The number of nitriles is 1. The number of carboxylic acid groups (broad SMARTS) is 2. The summed E-state index contributed by atoms with van der Waals surface area (Å²) in [5.41, 5.74) is 8.92. The molecule has 0 spiro atoms. The first kappa shape index (κ1) is 44.1. The summed E-state index contributed by atoms with van der Waals surface area (Å²) in [5.74, 6) is -0.597. The average Bonchev–Trinajstić information content (AvgIpc) is 3.20. The van der Waals surface area contributed by atoms with Gasteiger partial charge in [0.2, 0.25) is 0 Å². The molecule has 2 atom stereocenters. The molecule has 0 aliphatic heterocycles. The largest absolute Gasteiger partial charge is 0.489 e. The molecule has 0 aliphatic carbocycles. The summed E-state index contributed by atoms with van der Waals surface area (Å²) in [6, 6.07) is 27.0. The molecule has 14 heteroatoms. The highest BCUT2D eigenvalue weighted by Gasteiger charge is 2.17. The second-order valence-electron chi connectivity index (χ2n) is 14.0. The van der Waals surface area contributed by atoms with Crippen molar-refractivity contribution < 1.29 is 44.2 Å². The molecule has 13 nitrogen and oxygen atoms in total. The predicted molar refractivity (Wildman–Crippen MR) is 221 cm³/mol. The number of pyridine rings is 1. The molecule has 4 aromatic carbocycles. The molecule has 0 unspecified atom stereocenters. The van der Waals surface area contributed by atoms with Crippen LogP contribution in [0.4, 0.5) is 0 Å². The van der Waals surface area contributed by atoms with E-state index >= 15 is 0 Å². The van der Waals surface area contributed by atoms with Crippen molar-refractivity contribution in [3.63, 3.8) is 0 Å². The molecule has 59 heavy (non-hydrogen) atoms. The predicted octanol–water partition coefficient (Wildman–Crippen LogP) is 6.48.